The first kappa shape index (κ1) is 10.2. The molecular formula is C10H9O4. The van der Waals surface area contributed by atoms with Gasteiger partial charge in [-0.05, 0) is 18.2 Å². The Labute approximate surface area is 81.4 Å². The van der Waals surface area contributed by atoms with Crippen LogP contribution in [0.3, 0.4) is 0 Å². The molecule has 4 heteroatoms. The molecule has 0 fully saturated rings. The summed E-state index contributed by atoms with van der Waals surface area (Å²) in [6.07, 6.45) is 0. The molecule has 1 radical (unpaired) electrons. The predicted molar refractivity (Wildman–Crippen MR) is 47.3 cm³/mol. The van der Waals surface area contributed by atoms with Crippen LogP contribution in [0.15, 0.2) is 24.3 Å². The molecule has 0 aliphatic carbocycles. The molecule has 0 spiro atoms. The van der Waals surface area contributed by atoms with E-state index in [2.05, 4.69) is 15.5 Å². The maximum atomic E-state index is 11.2. The lowest BCUT2D eigenvalue weighted by Gasteiger charge is -2.03. The third-order valence-electron chi connectivity index (χ3n) is 1.41. The van der Waals surface area contributed by atoms with Crippen LogP contribution in [-0.2, 0) is 14.3 Å². The van der Waals surface area contributed by atoms with Crippen LogP contribution in [-0.4, -0.2) is 18.7 Å². The molecule has 0 aromatic heterocycles. The Morgan fingerprint density at radius 1 is 1.29 bits per heavy atom. The third-order valence-corrected chi connectivity index (χ3v) is 1.41. The van der Waals surface area contributed by atoms with Crippen LogP contribution in [0.5, 0.6) is 0 Å². The highest BCUT2D eigenvalue weighted by Gasteiger charge is 2.05. The zero-order valence-electron chi connectivity index (χ0n) is 7.65. The first-order valence-electron chi connectivity index (χ1n) is 3.97. The molecule has 4 nitrogen and oxygen atoms in total. The Morgan fingerprint density at radius 2 is 1.93 bits per heavy atom. The average Bonchev–Trinajstić information content (AvgIpc) is 2.18. The van der Waals surface area contributed by atoms with Gasteiger partial charge in [-0.15, -0.1) is 0 Å². The van der Waals surface area contributed by atoms with E-state index in [-0.39, 0.29) is 6.79 Å². The minimum atomic E-state index is -0.528. The Kier molecular flexibility index (Phi) is 3.67. The van der Waals surface area contributed by atoms with Crippen molar-refractivity contribution < 1.29 is 19.1 Å². The molecular weight excluding hydrogens is 184 g/mol. The molecule has 0 saturated heterocycles. The first-order chi connectivity index (χ1) is 6.70. The van der Waals surface area contributed by atoms with E-state index in [1.54, 1.807) is 24.3 Å². The molecule has 1 rings (SSSR count). The molecule has 0 heterocycles. The largest absolute Gasteiger partial charge is 0.428 e. The highest BCUT2D eigenvalue weighted by atomic mass is 16.7. The van der Waals surface area contributed by atoms with Gasteiger partial charge >= 0.3 is 11.9 Å². The molecule has 0 saturated carbocycles. The number of benzene rings is 1. The van der Waals surface area contributed by atoms with Gasteiger partial charge in [0.25, 0.3) is 0 Å². The number of carbonyl (C=O) groups is 2. The van der Waals surface area contributed by atoms with E-state index in [1.165, 1.54) is 6.92 Å². The molecule has 14 heavy (non-hydrogen) atoms. The van der Waals surface area contributed by atoms with Crippen LogP contribution in [0.4, 0.5) is 0 Å². The summed E-state index contributed by atoms with van der Waals surface area (Å²) in [7, 11) is 0. The van der Waals surface area contributed by atoms with Gasteiger partial charge in [0.05, 0.1) is 5.56 Å². The third kappa shape index (κ3) is 3.26. The molecule has 1 aromatic rings. The fourth-order valence-corrected chi connectivity index (χ4v) is 0.772. The number of hydrogen-bond acceptors (Lipinski definition) is 4. The van der Waals surface area contributed by atoms with Crippen molar-refractivity contribution in [2.45, 2.75) is 6.92 Å². The van der Waals surface area contributed by atoms with E-state index >= 15 is 0 Å². The zero-order chi connectivity index (χ0) is 10.4. The van der Waals surface area contributed by atoms with Gasteiger partial charge in [-0.2, -0.15) is 0 Å². The number of esters is 2. The molecule has 0 unspecified atom stereocenters. The molecule has 0 aliphatic rings. The molecule has 0 aliphatic heterocycles. The van der Waals surface area contributed by atoms with Crippen molar-refractivity contribution in [2.75, 3.05) is 6.79 Å². The summed E-state index contributed by atoms with van der Waals surface area (Å²) in [5, 5.41) is 0. The SMILES string of the molecule is CC(=O)OCOC(=O)c1cc[c]cc1. The minimum absolute atomic E-state index is 0.354. The Morgan fingerprint density at radius 3 is 2.50 bits per heavy atom. The molecule has 73 valence electrons. The topological polar surface area (TPSA) is 52.6 Å². The summed E-state index contributed by atoms with van der Waals surface area (Å²) in [5.41, 5.74) is 0.399. The second kappa shape index (κ2) is 5.01. The Hall–Kier alpha value is -1.84. The van der Waals surface area contributed by atoms with Crippen molar-refractivity contribution in [3.8, 4) is 0 Å². The summed E-state index contributed by atoms with van der Waals surface area (Å²) in [6, 6.07) is 9.10. The van der Waals surface area contributed by atoms with E-state index in [9.17, 15) is 9.59 Å². The van der Waals surface area contributed by atoms with E-state index < -0.39 is 11.9 Å². The fraction of sp³-hybridized carbons (Fsp3) is 0.200. The van der Waals surface area contributed by atoms with Gasteiger partial charge < -0.3 is 9.47 Å². The number of rotatable bonds is 3. The summed E-state index contributed by atoms with van der Waals surface area (Å²) in [5.74, 6) is -1.01. The standard InChI is InChI=1S/C10H9O4/c1-8(11)13-7-14-10(12)9-5-3-2-4-6-9/h3-6H,7H2,1H3. The van der Waals surface area contributed by atoms with Crippen LogP contribution in [0.25, 0.3) is 0 Å². The van der Waals surface area contributed by atoms with Crippen molar-refractivity contribution >= 4 is 11.9 Å². The smallest absolute Gasteiger partial charge is 0.340 e. The van der Waals surface area contributed by atoms with Crippen LogP contribution < -0.4 is 0 Å². The highest BCUT2D eigenvalue weighted by Crippen LogP contribution is 2.00. The van der Waals surface area contributed by atoms with Gasteiger partial charge in [-0.3, -0.25) is 4.79 Å². The summed E-state index contributed by atoms with van der Waals surface area (Å²) in [6.45, 7) is 0.887. The Bertz CT molecular complexity index is 318. The lowest BCUT2D eigenvalue weighted by atomic mass is 10.2. The van der Waals surface area contributed by atoms with E-state index in [0.717, 1.165) is 0 Å². The van der Waals surface area contributed by atoms with Crippen molar-refractivity contribution in [1.82, 2.24) is 0 Å². The van der Waals surface area contributed by atoms with Gasteiger partial charge in [-0.1, -0.05) is 12.1 Å². The monoisotopic (exact) mass is 193 g/mol. The van der Waals surface area contributed by atoms with E-state index in [4.69, 9.17) is 0 Å². The highest BCUT2D eigenvalue weighted by molar-refractivity contribution is 5.89. The lowest BCUT2D eigenvalue weighted by molar-refractivity contribution is -0.149. The van der Waals surface area contributed by atoms with Gasteiger partial charge in [-0.25, -0.2) is 4.79 Å². The van der Waals surface area contributed by atoms with Gasteiger partial charge in [0.2, 0.25) is 6.79 Å². The maximum Gasteiger partial charge on any atom is 0.340 e. The maximum absolute atomic E-state index is 11.2. The van der Waals surface area contributed by atoms with Crippen molar-refractivity contribution in [1.29, 1.82) is 0 Å². The minimum Gasteiger partial charge on any atom is -0.428 e. The second-order valence-electron chi connectivity index (χ2n) is 2.47. The molecule has 0 atom stereocenters. The fourth-order valence-electron chi connectivity index (χ4n) is 0.772. The van der Waals surface area contributed by atoms with Crippen LogP contribution in [0.1, 0.15) is 17.3 Å². The van der Waals surface area contributed by atoms with Gasteiger partial charge in [0.15, 0.2) is 0 Å². The van der Waals surface area contributed by atoms with E-state index in [0.29, 0.717) is 5.56 Å². The molecule has 0 amide bonds. The van der Waals surface area contributed by atoms with Gasteiger partial charge in [0, 0.05) is 6.92 Å². The summed E-state index contributed by atoms with van der Waals surface area (Å²) in [4.78, 5) is 21.5. The van der Waals surface area contributed by atoms with Crippen molar-refractivity contribution in [3.05, 3.63) is 35.9 Å². The average molecular weight is 193 g/mol. The predicted octanol–water partition coefficient (Wildman–Crippen LogP) is 1.16. The van der Waals surface area contributed by atoms with Crippen LogP contribution in [0, 0.1) is 6.07 Å². The van der Waals surface area contributed by atoms with Crippen LogP contribution in [0.2, 0.25) is 0 Å². The molecule has 0 bridgehead atoms. The lowest BCUT2D eigenvalue weighted by Crippen LogP contribution is -2.10. The van der Waals surface area contributed by atoms with E-state index in [1.807, 2.05) is 0 Å². The summed E-state index contributed by atoms with van der Waals surface area (Å²) < 4.78 is 9.09. The first-order valence-corrected chi connectivity index (χ1v) is 3.97. The number of carbonyl (C=O) groups excluding carboxylic acids is 2. The normalized spacial score (nSPS) is 9.21. The summed E-state index contributed by atoms with van der Waals surface area (Å²) >= 11 is 0. The van der Waals surface area contributed by atoms with Gasteiger partial charge in [0.1, 0.15) is 0 Å². The van der Waals surface area contributed by atoms with Crippen molar-refractivity contribution in [3.63, 3.8) is 0 Å². The Balaban J connectivity index is 2.40. The zero-order valence-corrected chi connectivity index (χ0v) is 7.65. The molecule has 1 aromatic carbocycles. The van der Waals surface area contributed by atoms with Crippen molar-refractivity contribution in [2.24, 2.45) is 0 Å². The van der Waals surface area contributed by atoms with Crippen LogP contribution >= 0.6 is 0 Å². The number of hydrogen-bond donors (Lipinski definition) is 0. The number of ether oxygens (including phenoxy) is 2. The second-order valence-corrected chi connectivity index (χ2v) is 2.47. The molecule has 0 N–H and O–H groups in total. The quantitative estimate of drug-likeness (QED) is 0.534.